The van der Waals surface area contributed by atoms with Gasteiger partial charge in [0.1, 0.15) is 18.2 Å². The van der Waals surface area contributed by atoms with Crippen LogP contribution in [-0.4, -0.2) is 34.4 Å². The number of nitrogens with zero attached hydrogens (tertiary/aromatic N) is 6. The molecule has 3 heterocycles. The van der Waals surface area contributed by atoms with Gasteiger partial charge in [0.15, 0.2) is 15.9 Å². The Labute approximate surface area is 182 Å². The minimum atomic E-state index is -0.553. The molecular weight excluding hydrogens is 473 g/mol. The molecule has 31 heavy (non-hydrogen) atoms. The van der Waals surface area contributed by atoms with Crippen LogP contribution >= 0.6 is 15.9 Å². The van der Waals surface area contributed by atoms with Crippen molar-refractivity contribution in [3.63, 3.8) is 0 Å². The molecule has 1 aromatic carbocycles. The fourth-order valence-electron chi connectivity index (χ4n) is 3.30. The van der Waals surface area contributed by atoms with Crippen molar-refractivity contribution < 1.29 is 9.18 Å². The summed E-state index contributed by atoms with van der Waals surface area (Å²) in [6.45, 7) is 1.55. The van der Waals surface area contributed by atoms with Crippen LogP contribution < -0.4 is 16.6 Å². The van der Waals surface area contributed by atoms with Crippen molar-refractivity contribution in [2.24, 2.45) is 14.1 Å². The van der Waals surface area contributed by atoms with Gasteiger partial charge in [-0.2, -0.15) is 5.10 Å². The summed E-state index contributed by atoms with van der Waals surface area (Å²) in [5.41, 5.74) is 0.430. The van der Waals surface area contributed by atoms with E-state index in [9.17, 15) is 18.8 Å². The number of imidazole rings is 1. The monoisotopic (exact) mass is 489 g/mol. The first-order valence-corrected chi connectivity index (χ1v) is 9.91. The van der Waals surface area contributed by atoms with Crippen LogP contribution in [0.25, 0.3) is 16.9 Å². The number of hydrogen-bond donors (Lipinski definition) is 1. The van der Waals surface area contributed by atoms with Gasteiger partial charge in [0.05, 0.1) is 11.4 Å². The second-order valence-electron chi connectivity index (χ2n) is 6.95. The molecule has 1 amide bonds. The van der Waals surface area contributed by atoms with Gasteiger partial charge in [-0.1, -0.05) is 0 Å². The number of fused-ring (bicyclic) bond motifs is 1. The van der Waals surface area contributed by atoms with Crippen molar-refractivity contribution in [3.05, 3.63) is 67.4 Å². The number of aryl methyl sites for hydroxylation is 2. The van der Waals surface area contributed by atoms with Gasteiger partial charge in [0, 0.05) is 20.2 Å². The van der Waals surface area contributed by atoms with Crippen LogP contribution in [0.4, 0.5) is 10.2 Å². The predicted octanol–water partition coefficient (Wildman–Crippen LogP) is 1.47. The summed E-state index contributed by atoms with van der Waals surface area (Å²) in [6, 6.07) is 7.36. The SMILES string of the molecule is Cc1cc(NC(=O)Cn2c(Br)nc3c(=O)n(C)c(=O)n(C)c32)n(-c2ccc(F)cc2)n1. The summed E-state index contributed by atoms with van der Waals surface area (Å²) in [5.74, 6) is -0.428. The minimum Gasteiger partial charge on any atom is -0.309 e. The Morgan fingerprint density at radius 3 is 2.52 bits per heavy atom. The van der Waals surface area contributed by atoms with Crippen LogP contribution in [0, 0.1) is 12.7 Å². The largest absolute Gasteiger partial charge is 0.332 e. The van der Waals surface area contributed by atoms with E-state index in [1.165, 1.54) is 40.0 Å². The lowest BCUT2D eigenvalue weighted by Gasteiger charge is -2.11. The van der Waals surface area contributed by atoms with Crippen LogP contribution in [0.1, 0.15) is 5.69 Å². The Hall–Kier alpha value is -3.54. The van der Waals surface area contributed by atoms with Crippen molar-refractivity contribution in [3.8, 4) is 5.69 Å². The number of anilines is 1. The maximum absolute atomic E-state index is 13.2. The van der Waals surface area contributed by atoms with Gasteiger partial charge in [-0.05, 0) is 47.1 Å². The Morgan fingerprint density at radius 1 is 1.16 bits per heavy atom. The maximum Gasteiger partial charge on any atom is 0.332 e. The number of halogens is 2. The molecule has 4 aromatic rings. The summed E-state index contributed by atoms with van der Waals surface area (Å²) in [6.07, 6.45) is 0. The maximum atomic E-state index is 13.2. The smallest absolute Gasteiger partial charge is 0.309 e. The predicted molar refractivity (Wildman–Crippen MR) is 115 cm³/mol. The molecular formula is C19H17BrFN7O3. The molecule has 0 aliphatic rings. The molecule has 4 rings (SSSR count). The second kappa shape index (κ2) is 7.61. The topological polar surface area (TPSA) is 109 Å². The van der Waals surface area contributed by atoms with E-state index in [0.717, 1.165) is 4.57 Å². The first-order chi connectivity index (χ1) is 14.7. The molecule has 3 aromatic heterocycles. The molecule has 0 bridgehead atoms. The van der Waals surface area contributed by atoms with Gasteiger partial charge in [0.2, 0.25) is 5.91 Å². The molecule has 10 nitrogen and oxygen atoms in total. The lowest BCUT2D eigenvalue weighted by Crippen LogP contribution is -2.37. The molecule has 0 saturated heterocycles. The fraction of sp³-hybridized carbons (Fsp3) is 0.211. The molecule has 0 spiro atoms. The minimum absolute atomic E-state index is 0.0662. The fourth-order valence-corrected chi connectivity index (χ4v) is 3.77. The second-order valence-corrected chi connectivity index (χ2v) is 7.66. The van der Waals surface area contributed by atoms with E-state index in [2.05, 4.69) is 31.3 Å². The molecule has 160 valence electrons. The van der Waals surface area contributed by atoms with Gasteiger partial charge >= 0.3 is 5.69 Å². The third-order valence-corrected chi connectivity index (χ3v) is 5.37. The van der Waals surface area contributed by atoms with E-state index in [-0.39, 0.29) is 28.3 Å². The summed E-state index contributed by atoms with van der Waals surface area (Å²) >= 11 is 3.26. The third-order valence-electron chi connectivity index (χ3n) is 4.76. The van der Waals surface area contributed by atoms with E-state index in [1.807, 2.05) is 0 Å². The normalized spacial score (nSPS) is 11.3. The molecule has 0 fully saturated rings. The molecule has 12 heteroatoms. The zero-order valence-electron chi connectivity index (χ0n) is 16.8. The number of benzene rings is 1. The Bertz CT molecular complexity index is 1450. The lowest BCUT2D eigenvalue weighted by atomic mass is 10.3. The highest BCUT2D eigenvalue weighted by molar-refractivity contribution is 9.10. The summed E-state index contributed by atoms with van der Waals surface area (Å²) in [7, 11) is 2.86. The molecule has 0 unspecified atom stereocenters. The molecule has 0 radical (unpaired) electrons. The number of nitrogens with one attached hydrogen (secondary N) is 1. The molecule has 0 saturated carbocycles. The zero-order valence-corrected chi connectivity index (χ0v) is 18.3. The highest BCUT2D eigenvalue weighted by atomic mass is 79.9. The highest BCUT2D eigenvalue weighted by Crippen LogP contribution is 2.19. The summed E-state index contributed by atoms with van der Waals surface area (Å²) in [4.78, 5) is 41.7. The van der Waals surface area contributed by atoms with Crippen molar-refractivity contribution in [1.29, 1.82) is 0 Å². The van der Waals surface area contributed by atoms with Crippen molar-refractivity contribution in [2.75, 3.05) is 5.32 Å². The molecule has 1 N–H and O–H groups in total. The first kappa shape index (κ1) is 20.7. The van der Waals surface area contributed by atoms with Gasteiger partial charge in [-0.25, -0.2) is 18.9 Å². The average molecular weight is 490 g/mol. The Kier molecular flexibility index (Phi) is 5.09. The van der Waals surface area contributed by atoms with Crippen LogP contribution in [0.3, 0.4) is 0 Å². The van der Waals surface area contributed by atoms with E-state index in [0.29, 0.717) is 17.2 Å². The lowest BCUT2D eigenvalue weighted by molar-refractivity contribution is -0.116. The van der Waals surface area contributed by atoms with Crippen LogP contribution in [-0.2, 0) is 25.4 Å². The highest BCUT2D eigenvalue weighted by Gasteiger charge is 2.20. The molecule has 0 atom stereocenters. The van der Waals surface area contributed by atoms with E-state index < -0.39 is 17.2 Å². The quantitative estimate of drug-likeness (QED) is 0.436. The van der Waals surface area contributed by atoms with Crippen LogP contribution in [0.15, 0.2) is 44.7 Å². The number of carbonyl (C=O) groups is 1. The number of carbonyl (C=O) groups excluding carboxylic acids is 1. The van der Waals surface area contributed by atoms with Gasteiger partial charge in [-0.3, -0.25) is 23.3 Å². The van der Waals surface area contributed by atoms with Crippen molar-refractivity contribution in [1.82, 2.24) is 28.5 Å². The standard InChI is InChI=1S/C19H17BrFN7O3/c1-10-8-13(28(24-10)12-6-4-11(21)5-7-12)22-14(29)9-27-16-15(23-18(27)20)17(30)26(3)19(31)25(16)2/h4-8H,9H2,1-3H3,(H,22,29). The van der Waals surface area contributed by atoms with Gasteiger partial charge < -0.3 is 5.32 Å². The summed E-state index contributed by atoms with van der Waals surface area (Å²) in [5, 5.41) is 7.10. The van der Waals surface area contributed by atoms with E-state index >= 15 is 0 Å². The summed E-state index contributed by atoms with van der Waals surface area (Å²) < 4.78 is 18.6. The number of hydrogen-bond acceptors (Lipinski definition) is 5. The molecule has 0 aliphatic heterocycles. The third kappa shape index (κ3) is 3.58. The first-order valence-electron chi connectivity index (χ1n) is 9.11. The van der Waals surface area contributed by atoms with Crippen molar-refractivity contribution in [2.45, 2.75) is 13.5 Å². The average Bonchev–Trinajstić information content (AvgIpc) is 3.25. The number of aromatic nitrogens is 6. The van der Waals surface area contributed by atoms with E-state index in [4.69, 9.17) is 0 Å². The van der Waals surface area contributed by atoms with E-state index in [1.54, 1.807) is 25.1 Å². The molecule has 0 aliphatic carbocycles. The number of amides is 1. The van der Waals surface area contributed by atoms with Gasteiger partial charge in [-0.15, -0.1) is 0 Å². The van der Waals surface area contributed by atoms with Crippen LogP contribution in [0.2, 0.25) is 0 Å². The van der Waals surface area contributed by atoms with Gasteiger partial charge in [0.25, 0.3) is 5.56 Å². The number of rotatable bonds is 4. The Balaban J connectivity index is 1.69. The van der Waals surface area contributed by atoms with Crippen molar-refractivity contribution >= 4 is 38.8 Å². The van der Waals surface area contributed by atoms with Crippen LogP contribution in [0.5, 0.6) is 0 Å². The Morgan fingerprint density at radius 2 is 1.84 bits per heavy atom. The zero-order chi connectivity index (χ0) is 22.4.